The predicted molar refractivity (Wildman–Crippen MR) is 77.5 cm³/mol. The summed E-state index contributed by atoms with van der Waals surface area (Å²) in [6.45, 7) is 7.60. The van der Waals surface area contributed by atoms with Crippen LogP contribution in [0.15, 0.2) is 6.07 Å². The van der Waals surface area contributed by atoms with E-state index < -0.39 is 0 Å². The highest BCUT2D eigenvalue weighted by atomic mass is 16.5. The smallest absolute Gasteiger partial charge is 0.158 e. The van der Waals surface area contributed by atoms with Crippen LogP contribution in [0.25, 0.3) is 0 Å². The van der Waals surface area contributed by atoms with Gasteiger partial charge in [-0.3, -0.25) is 0 Å². The number of nitrogens with zero attached hydrogens (tertiary/aromatic N) is 3. The van der Waals surface area contributed by atoms with Gasteiger partial charge in [-0.05, 0) is 25.7 Å². The molecule has 1 N–H and O–H groups in total. The van der Waals surface area contributed by atoms with E-state index in [4.69, 9.17) is 4.74 Å². The number of aromatic nitrogens is 2. The van der Waals surface area contributed by atoms with E-state index in [1.54, 1.807) is 0 Å². The van der Waals surface area contributed by atoms with Gasteiger partial charge in [-0.2, -0.15) is 0 Å². The third-order valence-corrected chi connectivity index (χ3v) is 3.43. The molecule has 0 aliphatic carbocycles. The minimum Gasteiger partial charge on any atom is -0.374 e. The molecule has 2 heterocycles. The Labute approximate surface area is 115 Å². The van der Waals surface area contributed by atoms with Gasteiger partial charge in [-0.25, -0.2) is 9.97 Å². The number of piperidine rings is 1. The third-order valence-electron chi connectivity index (χ3n) is 3.43. The molecule has 1 atom stereocenters. The lowest BCUT2D eigenvalue weighted by molar-refractivity contribution is 0.128. The first-order chi connectivity index (χ1) is 9.22. The maximum Gasteiger partial charge on any atom is 0.158 e. The van der Waals surface area contributed by atoms with Crippen molar-refractivity contribution >= 4 is 11.6 Å². The van der Waals surface area contributed by atoms with Crippen LogP contribution >= 0.6 is 0 Å². The molecule has 0 amide bonds. The van der Waals surface area contributed by atoms with Gasteiger partial charge in [0.25, 0.3) is 0 Å². The minimum absolute atomic E-state index is 0.475. The lowest BCUT2D eigenvalue weighted by Crippen LogP contribution is -2.35. The second kappa shape index (κ2) is 6.70. The second-order valence-corrected chi connectivity index (χ2v) is 5.11. The SMILES string of the molecule is CCOCc1nc(NC)cc(N2CCCC(C)C2)n1. The lowest BCUT2D eigenvalue weighted by Gasteiger charge is -2.32. The largest absolute Gasteiger partial charge is 0.374 e. The van der Waals surface area contributed by atoms with Crippen molar-refractivity contribution in [2.45, 2.75) is 33.3 Å². The molecule has 5 heteroatoms. The van der Waals surface area contributed by atoms with Gasteiger partial charge in [0, 0.05) is 32.8 Å². The molecule has 2 rings (SSSR count). The standard InChI is InChI=1S/C14H24N4O/c1-4-19-10-13-16-12(15-3)8-14(17-13)18-7-5-6-11(2)9-18/h8,11H,4-7,9-10H2,1-3H3,(H,15,16,17). The molecule has 1 saturated heterocycles. The van der Waals surface area contributed by atoms with Crippen LogP contribution in [-0.2, 0) is 11.3 Å². The highest BCUT2D eigenvalue weighted by Gasteiger charge is 2.18. The fraction of sp³-hybridized carbons (Fsp3) is 0.714. The fourth-order valence-electron chi connectivity index (χ4n) is 2.43. The molecule has 19 heavy (non-hydrogen) atoms. The number of nitrogens with one attached hydrogen (secondary N) is 1. The van der Waals surface area contributed by atoms with Crippen LogP contribution in [0, 0.1) is 5.92 Å². The average Bonchev–Trinajstić information content (AvgIpc) is 2.44. The first kappa shape index (κ1) is 14.1. The van der Waals surface area contributed by atoms with E-state index in [9.17, 15) is 0 Å². The monoisotopic (exact) mass is 264 g/mol. The number of rotatable bonds is 5. The van der Waals surface area contributed by atoms with Crippen molar-refractivity contribution < 1.29 is 4.74 Å². The Bertz CT molecular complexity index is 410. The molecule has 0 bridgehead atoms. The second-order valence-electron chi connectivity index (χ2n) is 5.11. The Hall–Kier alpha value is -1.36. The predicted octanol–water partition coefficient (Wildman–Crippen LogP) is 2.29. The van der Waals surface area contributed by atoms with Gasteiger partial charge in [-0.1, -0.05) is 6.92 Å². The van der Waals surface area contributed by atoms with Crippen molar-refractivity contribution in [2.75, 3.05) is 37.0 Å². The highest BCUT2D eigenvalue weighted by molar-refractivity contribution is 5.49. The zero-order valence-corrected chi connectivity index (χ0v) is 12.1. The fourth-order valence-corrected chi connectivity index (χ4v) is 2.43. The highest BCUT2D eigenvalue weighted by Crippen LogP contribution is 2.23. The zero-order valence-electron chi connectivity index (χ0n) is 12.1. The molecular formula is C14H24N4O. The summed E-state index contributed by atoms with van der Waals surface area (Å²) >= 11 is 0. The summed E-state index contributed by atoms with van der Waals surface area (Å²) in [5, 5.41) is 3.10. The van der Waals surface area contributed by atoms with Crippen LogP contribution in [0.3, 0.4) is 0 Å². The van der Waals surface area contributed by atoms with Gasteiger partial charge < -0.3 is 15.0 Å². The maximum absolute atomic E-state index is 5.41. The lowest BCUT2D eigenvalue weighted by atomic mass is 10.0. The van der Waals surface area contributed by atoms with E-state index in [0.717, 1.165) is 36.5 Å². The molecule has 1 aromatic heterocycles. The van der Waals surface area contributed by atoms with Gasteiger partial charge in [-0.15, -0.1) is 0 Å². The molecule has 1 aliphatic heterocycles. The van der Waals surface area contributed by atoms with Crippen molar-refractivity contribution in [2.24, 2.45) is 5.92 Å². The van der Waals surface area contributed by atoms with Crippen LogP contribution in [0.5, 0.6) is 0 Å². The summed E-state index contributed by atoms with van der Waals surface area (Å²) in [7, 11) is 1.88. The number of anilines is 2. The first-order valence-corrected chi connectivity index (χ1v) is 7.11. The van der Waals surface area contributed by atoms with Gasteiger partial charge in [0.1, 0.15) is 18.2 Å². The zero-order chi connectivity index (χ0) is 13.7. The van der Waals surface area contributed by atoms with Gasteiger partial charge in [0.2, 0.25) is 0 Å². The van der Waals surface area contributed by atoms with Crippen molar-refractivity contribution in [3.8, 4) is 0 Å². The van der Waals surface area contributed by atoms with Crippen LogP contribution in [0.2, 0.25) is 0 Å². The van der Waals surface area contributed by atoms with Gasteiger partial charge in [0.05, 0.1) is 0 Å². The molecule has 1 unspecified atom stereocenters. The minimum atomic E-state index is 0.475. The summed E-state index contributed by atoms with van der Waals surface area (Å²) in [5.41, 5.74) is 0. The maximum atomic E-state index is 5.41. The van der Waals surface area contributed by atoms with Crippen LogP contribution < -0.4 is 10.2 Å². The summed E-state index contributed by atoms with van der Waals surface area (Å²) in [4.78, 5) is 11.4. The molecule has 1 aliphatic rings. The molecule has 1 fully saturated rings. The Morgan fingerprint density at radius 1 is 1.47 bits per heavy atom. The molecule has 0 aromatic carbocycles. The summed E-state index contributed by atoms with van der Waals surface area (Å²) in [6.07, 6.45) is 2.55. The van der Waals surface area contributed by atoms with Crippen LogP contribution in [0.1, 0.15) is 32.5 Å². The Morgan fingerprint density at radius 3 is 3.00 bits per heavy atom. The quantitative estimate of drug-likeness (QED) is 0.884. The molecule has 5 nitrogen and oxygen atoms in total. The molecular weight excluding hydrogens is 240 g/mol. The Kier molecular flexibility index (Phi) is 4.96. The molecule has 0 radical (unpaired) electrons. The summed E-state index contributed by atoms with van der Waals surface area (Å²) < 4.78 is 5.41. The first-order valence-electron chi connectivity index (χ1n) is 7.11. The van der Waals surface area contributed by atoms with Crippen LogP contribution in [0.4, 0.5) is 11.6 Å². The Morgan fingerprint density at radius 2 is 2.32 bits per heavy atom. The Balaban J connectivity index is 2.17. The molecule has 1 aromatic rings. The van der Waals surface area contributed by atoms with Crippen molar-refractivity contribution in [3.63, 3.8) is 0 Å². The van der Waals surface area contributed by atoms with E-state index in [0.29, 0.717) is 13.2 Å². The number of hydrogen-bond acceptors (Lipinski definition) is 5. The average molecular weight is 264 g/mol. The van der Waals surface area contributed by atoms with Crippen molar-refractivity contribution in [1.29, 1.82) is 0 Å². The normalized spacial score (nSPS) is 19.5. The number of ether oxygens (including phenoxy) is 1. The molecule has 0 spiro atoms. The van der Waals surface area contributed by atoms with E-state index in [-0.39, 0.29) is 0 Å². The molecule has 0 saturated carbocycles. The van der Waals surface area contributed by atoms with Gasteiger partial charge >= 0.3 is 0 Å². The van der Waals surface area contributed by atoms with Gasteiger partial charge in [0.15, 0.2) is 5.82 Å². The molecule has 106 valence electrons. The van der Waals surface area contributed by atoms with E-state index >= 15 is 0 Å². The van der Waals surface area contributed by atoms with E-state index in [1.165, 1.54) is 12.8 Å². The summed E-state index contributed by atoms with van der Waals surface area (Å²) in [6, 6.07) is 2.02. The van der Waals surface area contributed by atoms with Crippen LogP contribution in [-0.4, -0.2) is 36.7 Å². The third kappa shape index (κ3) is 3.80. The van der Waals surface area contributed by atoms with E-state index in [2.05, 4.69) is 27.1 Å². The van der Waals surface area contributed by atoms with E-state index in [1.807, 2.05) is 20.0 Å². The van der Waals surface area contributed by atoms with Crippen molar-refractivity contribution in [3.05, 3.63) is 11.9 Å². The van der Waals surface area contributed by atoms with Crippen molar-refractivity contribution in [1.82, 2.24) is 9.97 Å². The topological polar surface area (TPSA) is 50.3 Å². The number of hydrogen-bond donors (Lipinski definition) is 1. The summed E-state index contributed by atoms with van der Waals surface area (Å²) in [5.74, 6) is 3.36.